The van der Waals surface area contributed by atoms with E-state index >= 15 is 0 Å². The number of hydrogen-bond acceptors (Lipinski definition) is 5. The molecule has 1 aromatic carbocycles. The predicted octanol–water partition coefficient (Wildman–Crippen LogP) is 2.12. The predicted molar refractivity (Wildman–Crippen MR) is 71.2 cm³/mol. The van der Waals surface area contributed by atoms with Gasteiger partial charge in [0.15, 0.2) is 5.75 Å². The van der Waals surface area contributed by atoms with Gasteiger partial charge >= 0.3 is 0 Å². The van der Waals surface area contributed by atoms with Crippen molar-refractivity contribution in [3.63, 3.8) is 0 Å². The van der Waals surface area contributed by atoms with Crippen molar-refractivity contribution in [1.29, 1.82) is 0 Å². The van der Waals surface area contributed by atoms with E-state index < -0.39 is 0 Å². The van der Waals surface area contributed by atoms with Crippen molar-refractivity contribution in [2.45, 2.75) is 13.8 Å². The molecule has 19 heavy (non-hydrogen) atoms. The highest BCUT2D eigenvalue weighted by Gasteiger charge is 2.11. The van der Waals surface area contributed by atoms with Crippen LogP contribution in [-0.2, 0) is 0 Å². The molecule has 3 aromatic rings. The van der Waals surface area contributed by atoms with Crippen molar-refractivity contribution < 1.29 is 4.74 Å². The largest absolute Gasteiger partial charge is 0.434 e. The van der Waals surface area contributed by atoms with E-state index in [0.29, 0.717) is 23.0 Å². The Hall–Kier alpha value is -2.63. The van der Waals surface area contributed by atoms with Crippen molar-refractivity contribution in [1.82, 2.24) is 19.6 Å². The summed E-state index contributed by atoms with van der Waals surface area (Å²) in [5.74, 6) is 1.74. The highest BCUT2D eigenvalue weighted by atomic mass is 16.5. The zero-order valence-corrected chi connectivity index (χ0v) is 10.7. The fraction of sp³-hybridized carbons (Fsp3) is 0.154. The van der Waals surface area contributed by atoms with Crippen molar-refractivity contribution in [3.05, 3.63) is 42.0 Å². The second-order valence-electron chi connectivity index (χ2n) is 4.26. The molecule has 2 heterocycles. The first-order chi connectivity index (χ1) is 9.16. The van der Waals surface area contributed by atoms with Crippen LogP contribution in [0.3, 0.4) is 0 Å². The minimum Gasteiger partial charge on any atom is -0.434 e. The number of aromatic nitrogens is 4. The van der Waals surface area contributed by atoms with E-state index in [1.807, 2.05) is 30.4 Å². The first-order valence-corrected chi connectivity index (χ1v) is 5.86. The number of aryl methyl sites for hydroxylation is 2. The lowest BCUT2D eigenvalue weighted by Gasteiger charge is -2.09. The minimum absolute atomic E-state index is 0.389. The molecule has 3 rings (SSSR count). The Bertz CT molecular complexity index is 750. The van der Waals surface area contributed by atoms with E-state index in [1.165, 1.54) is 0 Å². The Kier molecular flexibility index (Phi) is 2.56. The summed E-state index contributed by atoms with van der Waals surface area (Å²) < 4.78 is 7.57. The summed E-state index contributed by atoms with van der Waals surface area (Å²) in [7, 11) is 0. The van der Waals surface area contributed by atoms with Gasteiger partial charge in [0.1, 0.15) is 5.82 Å². The highest BCUT2D eigenvalue weighted by molar-refractivity contribution is 5.60. The van der Waals surface area contributed by atoms with E-state index in [2.05, 4.69) is 15.2 Å². The van der Waals surface area contributed by atoms with Crippen LogP contribution in [-0.4, -0.2) is 19.6 Å². The van der Waals surface area contributed by atoms with Gasteiger partial charge in [0.05, 0.1) is 5.69 Å². The standard InChI is InChI=1S/C13H13N5O/c1-8-4-3-5-10(11(8)14)19-13-12-17-16-9(2)18(12)7-6-15-13/h3-7H,14H2,1-2H3. The number of nitrogens with two attached hydrogens (primary N) is 1. The molecule has 0 fully saturated rings. The van der Waals surface area contributed by atoms with E-state index in [4.69, 9.17) is 10.5 Å². The molecule has 0 saturated heterocycles. The van der Waals surface area contributed by atoms with Gasteiger partial charge < -0.3 is 10.5 Å². The van der Waals surface area contributed by atoms with Gasteiger partial charge in [0, 0.05) is 12.4 Å². The molecule has 0 atom stereocenters. The van der Waals surface area contributed by atoms with Crippen LogP contribution in [0.1, 0.15) is 11.4 Å². The molecular formula is C13H13N5O. The number of anilines is 1. The monoisotopic (exact) mass is 255 g/mol. The van der Waals surface area contributed by atoms with Gasteiger partial charge in [-0.2, -0.15) is 0 Å². The van der Waals surface area contributed by atoms with Crippen LogP contribution in [0.4, 0.5) is 5.69 Å². The number of fused-ring (bicyclic) bond motifs is 1. The zero-order chi connectivity index (χ0) is 13.4. The molecule has 0 radical (unpaired) electrons. The first-order valence-electron chi connectivity index (χ1n) is 5.86. The van der Waals surface area contributed by atoms with Crippen LogP contribution in [0.2, 0.25) is 0 Å². The Morgan fingerprint density at radius 3 is 2.89 bits per heavy atom. The van der Waals surface area contributed by atoms with Crippen molar-refractivity contribution in [2.75, 3.05) is 5.73 Å². The van der Waals surface area contributed by atoms with Crippen molar-refractivity contribution in [3.8, 4) is 11.6 Å². The summed E-state index contributed by atoms with van der Waals surface area (Å²) in [4.78, 5) is 4.19. The van der Waals surface area contributed by atoms with Gasteiger partial charge in [-0.25, -0.2) is 4.98 Å². The second kappa shape index (κ2) is 4.24. The first kappa shape index (κ1) is 11.5. The maximum Gasteiger partial charge on any atom is 0.265 e. The van der Waals surface area contributed by atoms with Crippen molar-refractivity contribution in [2.24, 2.45) is 0 Å². The minimum atomic E-state index is 0.389. The number of ether oxygens (including phenoxy) is 1. The lowest BCUT2D eigenvalue weighted by Crippen LogP contribution is -1.98. The SMILES string of the molecule is Cc1cccc(Oc2nccn3c(C)nnc23)c1N. The summed E-state index contributed by atoms with van der Waals surface area (Å²) in [5, 5.41) is 8.05. The van der Waals surface area contributed by atoms with Crippen LogP contribution in [0.5, 0.6) is 11.6 Å². The lowest BCUT2D eigenvalue weighted by atomic mass is 10.2. The van der Waals surface area contributed by atoms with Crippen LogP contribution in [0.25, 0.3) is 5.65 Å². The molecule has 6 nitrogen and oxygen atoms in total. The molecule has 2 aromatic heterocycles. The van der Waals surface area contributed by atoms with Gasteiger partial charge in [-0.1, -0.05) is 12.1 Å². The molecule has 0 aliphatic rings. The smallest absolute Gasteiger partial charge is 0.265 e. The van der Waals surface area contributed by atoms with Crippen LogP contribution in [0.15, 0.2) is 30.6 Å². The molecule has 0 amide bonds. The van der Waals surface area contributed by atoms with E-state index in [-0.39, 0.29) is 0 Å². The average molecular weight is 255 g/mol. The highest BCUT2D eigenvalue weighted by Crippen LogP contribution is 2.30. The number of benzene rings is 1. The Morgan fingerprint density at radius 2 is 2.05 bits per heavy atom. The fourth-order valence-electron chi connectivity index (χ4n) is 1.84. The summed E-state index contributed by atoms with van der Waals surface area (Å²) >= 11 is 0. The molecule has 0 spiro atoms. The number of hydrogen-bond donors (Lipinski definition) is 1. The molecule has 0 bridgehead atoms. The summed E-state index contributed by atoms with van der Waals surface area (Å²) in [6, 6.07) is 5.62. The summed E-state index contributed by atoms with van der Waals surface area (Å²) in [5.41, 5.74) is 8.11. The molecule has 0 aliphatic carbocycles. The maximum atomic E-state index is 5.98. The molecule has 96 valence electrons. The van der Waals surface area contributed by atoms with Gasteiger partial charge in [0.2, 0.25) is 5.65 Å². The third kappa shape index (κ3) is 1.87. The third-order valence-electron chi connectivity index (χ3n) is 2.96. The van der Waals surface area contributed by atoms with Crippen LogP contribution >= 0.6 is 0 Å². The molecule has 0 saturated carbocycles. The van der Waals surface area contributed by atoms with Gasteiger partial charge in [-0.05, 0) is 25.5 Å². The molecule has 0 aliphatic heterocycles. The third-order valence-corrected chi connectivity index (χ3v) is 2.96. The molecule has 6 heteroatoms. The van der Waals surface area contributed by atoms with Gasteiger partial charge in [-0.15, -0.1) is 10.2 Å². The zero-order valence-electron chi connectivity index (χ0n) is 10.7. The fourth-order valence-corrected chi connectivity index (χ4v) is 1.84. The summed E-state index contributed by atoms with van der Waals surface area (Å²) in [6.07, 6.45) is 3.43. The quantitative estimate of drug-likeness (QED) is 0.709. The number of para-hydroxylation sites is 1. The Labute approximate surface area is 109 Å². The average Bonchev–Trinajstić information content (AvgIpc) is 2.78. The number of rotatable bonds is 2. The molecular weight excluding hydrogens is 242 g/mol. The summed E-state index contributed by atoms with van der Waals surface area (Å²) in [6.45, 7) is 3.79. The van der Waals surface area contributed by atoms with Crippen molar-refractivity contribution >= 4 is 11.3 Å². The van der Waals surface area contributed by atoms with Crippen LogP contribution in [0, 0.1) is 13.8 Å². The van der Waals surface area contributed by atoms with Gasteiger partial charge in [-0.3, -0.25) is 4.40 Å². The van der Waals surface area contributed by atoms with E-state index in [0.717, 1.165) is 11.4 Å². The topological polar surface area (TPSA) is 78.3 Å². The number of nitrogen functional groups attached to an aromatic ring is 1. The Morgan fingerprint density at radius 1 is 1.21 bits per heavy atom. The van der Waals surface area contributed by atoms with Gasteiger partial charge in [0.25, 0.3) is 5.88 Å². The maximum absolute atomic E-state index is 5.98. The molecule has 2 N–H and O–H groups in total. The van der Waals surface area contributed by atoms with Crippen LogP contribution < -0.4 is 10.5 Å². The normalized spacial score (nSPS) is 10.8. The van der Waals surface area contributed by atoms with E-state index in [1.54, 1.807) is 18.5 Å². The molecule has 0 unspecified atom stereocenters. The second-order valence-corrected chi connectivity index (χ2v) is 4.26. The number of nitrogens with zero attached hydrogens (tertiary/aromatic N) is 4. The lowest BCUT2D eigenvalue weighted by molar-refractivity contribution is 0.466. The van der Waals surface area contributed by atoms with E-state index in [9.17, 15) is 0 Å². The Balaban J connectivity index is 2.08.